The van der Waals surface area contributed by atoms with Crippen molar-refractivity contribution in [2.75, 3.05) is 106 Å². The zero-order chi connectivity index (χ0) is 64.0. The summed E-state index contributed by atoms with van der Waals surface area (Å²) in [5.41, 5.74) is 2.45. The van der Waals surface area contributed by atoms with Gasteiger partial charge in [-0.3, -0.25) is 23.7 Å². The highest BCUT2D eigenvalue weighted by atomic mass is 31.2. The van der Waals surface area contributed by atoms with Gasteiger partial charge >= 0.3 is 7.60 Å². The fourth-order valence-corrected chi connectivity index (χ4v) is 10.1. The molecule has 0 saturated carbocycles. The van der Waals surface area contributed by atoms with E-state index in [2.05, 4.69) is 10.6 Å². The molecule has 0 aromatic heterocycles. The number of unbranched alkanes of at least 4 members (excludes halogenated alkanes) is 4. The van der Waals surface area contributed by atoms with Gasteiger partial charge in [-0.25, -0.2) is 0 Å². The van der Waals surface area contributed by atoms with Crippen molar-refractivity contribution in [1.82, 2.24) is 10.6 Å². The lowest BCUT2D eigenvalue weighted by molar-refractivity contribution is -0.376. The second-order valence-corrected chi connectivity index (χ2v) is 23.3. The van der Waals surface area contributed by atoms with Gasteiger partial charge in [-0.05, 0) is 55.0 Å². The second-order valence-electron chi connectivity index (χ2n) is 21.4. The average molecular weight is 1280 g/mol. The van der Waals surface area contributed by atoms with Crippen LogP contribution in [0.2, 0.25) is 0 Å². The zero-order valence-electron chi connectivity index (χ0n) is 49.8. The number of amides is 2. The van der Waals surface area contributed by atoms with Crippen molar-refractivity contribution < 1.29 is 131 Å². The average Bonchev–Trinajstić information content (AvgIpc) is 1.17. The molecule has 29 nitrogen and oxygen atoms in total. The van der Waals surface area contributed by atoms with Crippen LogP contribution in [-0.4, -0.2) is 272 Å². The summed E-state index contributed by atoms with van der Waals surface area (Å²) in [5.74, 6) is -0.343. The molecule has 16 atom stereocenters. The molecular formula is C58H91N2O27P. The Kier molecular flexibility index (Phi) is 33.9. The quantitative estimate of drug-likeness (QED) is 0.0215. The highest BCUT2D eigenvalue weighted by Gasteiger charge is 2.54. The molecule has 7 unspecified atom stereocenters. The van der Waals surface area contributed by atoms with Gasteiger partial charge in [0.2, 0.25) is 11.8 Å². The van der Waals surface area contributed by atoms with Crippen molar-refractivity contribution in [1.29, 1.82) is 0 Å². The molecular weight excluding hydrogens is 1190 g/mol. The third kappa shape index (κ3) is 25.5. The Morgan fingerprint density at radius 3 is 1.80 bits per heavy atom. The van der Waals surface area contributed by atoms with Gasteiger partial charge in [-0.15, -0.1) is 0 Å². The van der Waals surface area contributed by atoms with Crippen molar-refractivity contribution in [2.24, 2.45) is 0 Å². The molecule has 30 heteroatoms. The van der Waals surface area contributed by atoms with Crippen LogP contribution in [0, 0.1) is 0 Å². The fraction of sp³-hybridized carbons (Fsp3) is 0.724. The maximum atomic E-state index is 12.9. The van der Waals surface area contributed by atoms with Crippen LogP contribution in [0.1, 0.15) is 81.5 Å². The first-order valence-corrected chi connectivity index (χ1v) is 31.7. The van der Waals surface area contributed by atoms with Crippen molar-refractivity contribution in [3.8, 4) is 16.9 Å². The highest BCUT2D eigenvalue weighted by molar-refractivity contribution is 7.51. The van der Waals surface area contributed by atoms with Crippen LogP contribution >= 0.6 is 7.60 Å². The predicted octanol–water partition coefficient (Wildman–Crippen LogP) is -0.992. The number of benzene rings is 2. The van der Waals surface area contributed by atoms with Crippen molar-refractivity contribution in [3.63, 3.8) is 0 Å². The highest BCUT2D eigenvalue weighted by Crippen LogP contribution is 2.37. The molecule has 3 fully saturated rings. The number of carbonyl (C=O) groups excluding carboxylic acids is 4. The van der Waals surface area contributed by atoms with E-state index in [1.807, 2.05) is 36.4 Å². The molecule has 3 saturated heterocycles. The van der Waals surface area contributed by atoms with E-state index < -0.39 is 125 Å². The minimum Gasteiger partial charge on any atom is -0.486 e. The van der Waals surface area contributed by atoms with Gasteiger partial charge in [-0.1, -0.05) is 49.6 Å². The molecule has 3 aliphatic heterocycles. The minimum absolute atomic E-state index is 0.0488. The fourth-order valence-electron chi connectivity index (χ4n) is 9.62. The number of aliphatic hydroxyl groups excluding tert-OH is 9. The van der Waals surface area contributed by atoms with E-state index in [0.29, 0.717) is 70.0 Å². The topological polar surface area (TPSA) is 422 Å². The van der Waals surface area contributed by atoms with E-state index in [-0.39, 0.29) is 76.5 Å². The second kappa shape index (κ2) is 40.0. The number of ether oxygens (including phenoxy) is 11. The summed E-state index contributed by atoms with van der Waals surface area (Å²) in [7, 11) is -3.44. The molecule has 2 amide bonds. The molecule has 0 radical (unpaired) electrons. The number of hydrogen-bond donors (Lipinski definition) is 12. The van der Waals surface area contributed by atoms with Gasteiger partial charge in [0.15, 0.2) is 30.4 Å². The molecule has 3 aliphatic rings. The lowest BCUT2D eigenvalue weighted by Crippen LogP contribution is -2.68. The first-order chi connectivity index (χ1) is 42.2. The predicted molar refractivity (Wildman–Crippen MR) is 307 cm³/mol. The standard InChI is InChI=1S/C58H91N2O27P/c1-36(64)60-47-50(70)54(86-58-53(73)55(49(69)44(33-62)84-58)87-57-52(72)51(71)48(68)43(32-61)83-57)45(34-63)85-56(47)80-22-10-20-59-46(67)19-24-77-26-28-79-30-29-78-27-25-76-21-9-13-40(65)35-81-41-17-15-37(16-18-41)38-11-8-12-39(31-38)42(66)14-6-4-3-5-7-23-82-88(2,74)75/h8,11-12,15-18,31,43-45,47-58,61-63,68-73H,3-7,9-10,13-14,19-30,32-35H2,1-2H3,(H,59,67)(H,60,64)(H,74,75)/t43?,44?,45?,47?,48-,49-,50+,51-,52?,53?,54+,55-,56+,57+,58-/m0/s1. The molecule has 0 aliphatic carbocycles. The SMILES string of the molecule is CC(=O)NC1[C@H](OCCCNC(=O)CCOCCOCCOCCOCCCC(=O)COc2ccc(-c3cccc(C(=O)CCCCCCCOP(C)(=O)O)c3)cc2)OC(CO)[C@@H](O[C@@H]2OC(CO)[C@H](O)[C@H](O[C@H]3OC(CO)[C@H](O)[C@H](O)C3O)C2O)[C@@H]1O. The van der Waals surface area contributed by atoms with E-state index in [1.165, 1.54) is 6.66 Å². The molecule has 3 heterocycles. The van der Waals surface area contributed by atoms with Crippen molar-refractivity contribution >= 4 is 31.0 Å². The first kappa shape index (κ1) is 74.6. The monoisotopic (exact) mass is 1280 g/mol. The van der Waals surface area contributed by atoms with Crippen LogP contribution in [0.5, 0.6) is 5.75 Å². The smallest absolute Gasteiger partial charge is 0.325 e. The number of aliphatic hydroxyl groups is 9. The molecule has 0 spiro atoms. The van der Waals surface area contributed by atoms with Gasteiger partial charge in [-0.2, -0.15) is 0 Å². The largest absolute Gasteiger partial charge is 0.486 e. The van der Waals surface area contributed by atoms with Crippen LogP contribution < -0.4 is 15.4 Å². The molecule has 5 rings (SSSR count). The maximum Gasteiger partial charge on any atom is 0.325 e. The molecule has 12 N–H and O–H groups in total. The van der Waals surface area contributed by atoms with Crippen molar-refractivity contribution in [2.45, 2.75) is 163 Å². The number of nitrogens with one attached hydrogen (secondary N) is 2. The Balaban J connectivity index is 0.851. The summed E-state index contributed by atoms with van der Waals surface area (Å²) in [6.45, 7) is 2.56. The van der Waals surface area contributed by atoms with E-state index in [0.717, 1.165) is 43.7 Å². The molecule has 88 heavy (non-hydrogen) atoms. The summed E-state index contributed by atoms with van der Waals surface area (Å²) < 4.78 is 78.0. The summed E-state index contributed by atoms with van der Waals surface area (Å²) in [6, 6.07) is 13.5. The van der Waals surface area contributed by atoms with E-state index in [1.54, 1.807) is 12.1 Å². The van der Waals surface area contributed by atoms with E-state index >= 15 is 0 Å². The van der Waals surface area contributed by atoms with Gasteiger partial charge < -0.3 is 118 Å². The Morgan fingerprint density at radius 2 is 1.15 bits per heavy atom. The summed E-state index contributed by atoms with van der Waals surface area (Å²) in [4.78, 5) is 59.2. The molecule has 2 aromatic rings. The Morgan fingerprint density at radius 1 is 0.557 bits per heavy atom. The Labute approximate surface area is 511 Å². The Hall–Kier alpha value is -4.09. The molecule has 0 bridgehead atoms. The maximum absolute atomic E-state index is 12.9. The number of Topliss-reactive ketones (excluding diaryl/α,β-unsaturated/α-hetero) is 2. The summed E-state index contributed by atoms with van der Waals surface area (Å²) in [5, 5.41) is 99.6. The van der Waals surface area contributed by atoms with Crippen molar-refractivity contribution in [3.05, 3.63) is 54.1 Å². The van der Waals surface area contributed by atoms with Crippen LogP contribution in [-0.2, 0) is 70.8 Å². The van der Waals surface area contributed by atoms with E-state index in [4.69, 9.17) is 56.6 Å². The number of ketones is 2. The zero-order valence-corrected chi connectivity index (χ0v) is 50.7. The van der Waals surface area contributed by atoms with Gasteiger partial charge in [0.1, 0.15) is 85.5 Å². The third-order valence-corrected chi connectivity index (χ3v) is 15.0. The third-order valence-electron chi connectivity index (χ3n) is 14.4. The molecule has 2 aromatic carbocycles. The summed E-state index contributed by atoms with van der Waals surface area (Å²) >= 11 is 0. The minimum atomic E-state index is -3.44. The summed E-state index contributed by atoms with van der Waals surface area (Å²) in [6.07, 6.45) is -17.9. The molecule has 500 valence electrons. The van der Waals surface area contributed by atoms with Crippen LogP contribution in [0.25, 0.3) is 11.1 Å². The van der Waals surface area contributed by atoms with Gasteiger partial charge in [0, 0.05) is 51.6 Å². The first-order valence-electron chi connectivity index (χ1n) is 29.7. The van der Waals surface area contributed by atoms with E-state index in [9.17, 15) is 74.6 Å². The normalized spacial score (nSPS) is 28.0. The van der Waals surface area contributed by atoms with Gasteiger partial charge in [0.05, 0.1) is 79.3 Å². The lowest BCUT2D eigenvalue weighted by Gasteiger charge is -2.48. The number of carbonyl (C=O) groups is 4. The van der Waals surface area contributed by atoms with Gasteiger partial charge in [0.25, 0.3) is 0 Å². The van der Waals surface area contributed by atoms with Crippen LogP contribution in [0.3, 0.4) is 0 Å². The van der Waals surface area contributed by atoms with Crippen LogP contribution in [0.4, 0.5) is 0 Å². The van der Waals surface area contributed by atoms with Crippen LogP contribution in [0.15, 0.2) is 48.5 Å². The lowest BCUT2D eigenvalue weighted by atomic mass is 9.95. The number of hydrogen-bond acceptors (Lipinski definition) is 26. The number of rotatable bonds is 43. The Bertz CT molecular complexity index is 2390.